The number of rotatable bonds is 3. The summed E-state index contributed by atoms with van der Waals surface area (Å²) in [5.41, 5.74) is 2.62. The van der Waals surface area contributed by atoms with Gasteiger partial charge in [0.25, 0.3) is 0 Å². The van der Waals surface area contributed by atoms with E-state index in [4.69, 9.17) is 14.5 Å². The van der Waals surface area contributed by atoms with E-state index < -0.39 is 0 Å². The molecule has 2 aliphatic rings. The molecular formula is C18H20N4O3. The molecule has 1 amide bonds. The van der Waals surface area contributed by atoms with Gasteiger partial charge >= 0.3 is 0 Å². The molecule has 4 rings (SSSR count). The van der Waals surface area contributed by atoms with Crippen LogP contribution in [0.4, 0.5) is 0 Å². The van der Waals surface area contributed by atoms with Gasteiger partial charge in [0, 0.05) is 49.9 Å². The zero-order valence-electron chi connectivity index (χ0n) is 14.1. The molecule has 0 aromatic carbocycles. The zero-order valence-corrected chi connectivity index (χ0v) is 14.1. The summed E-state index contributed by atoms with van der Waals surface area (Å²) < 4.78 is 10.8. The molecule has 0 aliphatic carbocycles. The smallest absolute Gasteiger partial charge is 0.248 e. The average Bonchev–Trinajstić information content (AvgIpc) is 3.08. The van der Waals surface area contributed by atoms with Crippen LogP contribution in [0.5, 0.6) is 0 Å². The minimum atomic E-state index is -0.267. The molecule has 7 nitrogen and oxygen atoms in total. The molecule has 2 aromatic rings. The summed E-state index contributed by atoms with van der Waals surface area (Å²) in [6.45, 7) is 2.48. The van der Waals surface area contributed by atoms with Gasteiger partial charge in [0.15, 0.2) is 5.82 Å². The molecule has 0 bridgehead atoms. The van der Waals surface area contributed by atoms with Crippen molar-refractivity contribution < 1.29 is 14.3 Å². The zero-order chi connectivity index (χ0) is 17.3. The van der Waals surface area contributed by atoms with Gasteiger partial charge in [-0.15, -0.1) is 0 Å². The van der Waals surface area contributed by atoms with E-state index >= 15 is 0 Å². The van der Waals surface area contributed by atoms with Crippen molar-refractivity contribution in [2.45, 2.75) is 18.4 Å². The van der Waals surface area contributed by atoms with E-state index in [0.29, 0.717) is 32.1 Å². The third-order valence-electron chi connectivity index (χ3n) is 4.90. The third-order valence-corrected chi connectivity index (χ3v) is 4.90. The molecule has 0 saturated carbocycles. The number of carbonyl (C=O) groups is 1. The Bertz CT molecular complexity index is 783. The predicted octanol–water partition coefficient (Wildman–Crippen LogP) is 1.19. The van der Waals surface area contributed by atoms with Gasteiger partial charge in [-0.25, -0.2) is 9.97 Å². The quantitative estimate of drug-likeness (QED) is 0.835. The van der Waals surface area contributed by atoms with E-state index in [2.05, 4.69) is 9.97 Å². The van der Waals surface area contributed by atoms with Gasteiger partial charge in [-0.05, 0) is 18.6 Å². The summed E-state index contributed by atoms with van der Waals surface area (Å²) in [5, 5.41) is 0. The molecule has 25 heavy (non-hydrogen) atoms. The van der Waals surface area contributed by atoms with Crippen LogP contribution in [0.15, 0.2) is 30.7 Å². The van der Waals surface area contributed by atoms with Crippen molar-refractivity contribution in [2.75, 3.05) is 33.4 Å². The summed E-state index contributed by atoms with van der Waals surface area (Å²) in [5.74, 6) is 0.669. The van der Waals surface area contributed by atoms with E-state index in [1.807, 2.05) is 23.2 Å². The Morgan fingerprint density at radius 3 is 3.16 bits per heavy atom. The van der Waals surface area contributed by atoms with E-state index in [9.17, 15) is 4.79 Å². The number of methoxy groups -OCH3 is 1. The Labute approximate surface area is 146 Å². The van der Waals surface area contributed by atoms with E-state index in [-0.39, 0.29) is 17.9 Å². The number of hydrogen-bond acceptors (Lipinski definition) is 6. The number of ether oxygens (including phenoxy) is 2. The lowest BCUT2D eigenvalue weighted by atomic mass is 9.80. The van der Waals surface area contributed by atoms with Crippen LogP contribution in [-0.4, -0.2) is 59.2 Å². The van der Waals surface area contributed by atoms with E-state index in [0.717, 1.165) is 23.2 Å². The van der Waals surface area contributed by atoms with Gasteiger partial charge in [0.2, 0.25) is 5.91 Å². The van der Waals surface area contributed by atoms with Gasteiger partial charge in [-0.2, -0.15) is 0 Å². The Kier molecular flexibility index (Phi) is 4.19. The molecule has 1 spiro atoms. The molecule has 2 aromatic heterocycles. The third kappa shape index (κ3) is 2.89. The normalized spacial score (nSPS) is 22.2. The summed E-state index contributed by atoms with van der Waals surface area (Å²) in [6.07, 6.45) is 6.16. The maximum Gasteiger partial charge on any atom is 0.248 e. The van der Waals surface area contributed by atoms with Crippen LogP contribution in [0.25, 0.3) is 11.4 Å². The predicted molar refractivity (Wildman–Crippen MR) is 89.7 cm³/mol. The maximum atomic E-state index is 12.2. The Morgan fingerprint density at radius 1 is 1.44 bits per heavy atom. The van der Waals surface area contributed by atoms with Gasteiger partial charge in [-0.1, -0.05) is 0 Å². The average molecular weight is 340 g/mol. The second kappa shape index (κ2) is 6.50. The SMILES string of the molecule is COCC(=O)N1CCC2(COCc3cnc(-c4cccnc4)nc32)C1. The lowest BCUT2D eigenvalue weighted by Crippen LogP contribution is -2.42. The Hall–Kier alpha value is -2.38. The van der Waals surface area contributed by atoms with Crippen molar-refractivity contribution in [2.24, 2.45) is 0 Å². The second-order valence-electron chi connectivity index (χ2n) is 6.58. The van der Waals surface area contributed by atoms with Crippen molar-refractivity contribution in [3.8, 4) is 11.4 Å². The highest BCUT2D eigenvalue weighted by Crippen LogP contribution is 2.39. The van der Waals surface area contributed by atoms with Gasteiger partial charge < -0.3 is 14.4 Å². The number of hydrogen-bond donors (Lipinski definition) is 0. The fourth-order valence-electron chi connectivity index (χ4n) is 3.64. The van der Waals surface area contributed by atoms with Crippen molar-refractivity contribution in [3.63, 3.8) is 0 Å². The maximum absolute atomic E-state index is 12.2. The number of amides is 1. The number of carbonyl (C=O) groups excluding carboxylic acids is 1. The molecule has 1 atom stereocenters. The fourth-order valence-corrected chi connectivity index (χ4v) is 3.64. The first-order valence-electron chi connectivity index (χ1n) is 8.33. The van der Waals surface area contributed by atoms with Crippen molar-refractivity contribution in [1.82, 2.24) is 19.9 Å². The molecule has 1 saturated heterocycles. The van der Waals surface area contributed by atoms with Crippen LogP contribution in [-0.2, 0) is 26.3 Å². The minimum Gasteiger partial charge on any atom is -0.376 e. The first-order valence-corrected chi connectivity index (χ1v) is 8.33. The molecule has 4 heterocycles. The highest BCUT2D eigenvalue weighted by atomic mass is 16.5. The molecule has 1 fully saturated rings. The van der Waals surface area contributed by atoms with Gasteiger partial charge in [0.1, 0.15) is 6.61 Å². The number of pyridine rings is 1. The van der Waals surface area contributed by atoms with E-state index in [1.54, 1.807) is 12.4 Å². The van der Waals surface area contributed by atoms with Crippen LogP contribution in [0.3, 0.4) is 0 Å². The van der Waals surface area contributed by atoms with E-state index in [1.165, 1.54) is 7.11 Å². The molecule has 1 unspecified atom stereocenters. The van der Waals surface area contributed by atoms with Crippen molar-refractivity contribution in [3.05, 3.63) is 42.0 Å². The summed E-state index contributed by atoms with van der Waals surface area (Å²) >= 11 is 0. The van der Waals surface area contributed by atoms with Crippen molar-refractivity contribution >= 4 is 5.91 Å². The largest absolute Gasteiger partial charge is 0.376 e. The van der Waals surface area contributed by atoms with Gasteiger partial charge in [0.05, 0.1) is 24.3 Å². The number of nitrogens with zero attached hydrogens (tertiary/aromatic N) is 4. The lowest BCUT2D eigenvalue weighted by molar-refractivity contribution is -0.134. The minimum absolute atomic E-state index is 0.00744. The van der Waals surface area contributed by atoms with Crippen molar-refractivity contribution in [1.29, 1.82) is 0 Å². The Balaban J connectivity index is 1.69. The summed E-state index contributed by atoms with van der Waals surface area (Å²) in [7, 11) is 1.54. The monoisotopic (exact) mass is 340 g/mol. The molecule has 2 aliphatic heterocycles. The molecule has 7 heteroatoms. The topological polar surface area (TPSA) is 77.4 Å². The highest BCUT2D eigenvalue weighted by molar-refractivity contribution is 5.78. The first-order chi connectivity index (χ1) is 12.2. The van der Waals surface area contributed by atoms with Crippen LogP contribution in [0, 0.1) is 0 Å². The van der Waals surface area contributed by atoms with Crippen LogP contribution < -0.4 is 0 Å². The van der Waals surface area contributed by atoms with Crippen LogP contribution in [0.2, 0.25) is 0 Å². The van der Waals surface area contributed by atoms with Crippen LogP contribution >= 0.6 is 0 Å². The first kappa shape index (κ1) is 16.1. The van der Waals surface area contributed by atoms with Crippen LogP contribution in [0.1, 0.15) is 17.7 Å². The highest BCUT2D eigenvalue weighted by Gasteiger charge is 2.46. The molecular weight excluding hydrogens is 320 g/mol. The molecule has 0 N–H and O–H groups in total. The fraction of sp³-hybridized carbons (Fsp3) is 0.444. The standard InChI is InChI=1S/C18H20N4O3/c1-24-10-15(23)22-6-4-18(11-22)12-25-9-14-8-20-17(21-16(14)18)13-3-2-5-19-7-13/h2-3,5,7-8H,4,6,9-12H2,1H3. The Morgan fingerprint density at radius 2 is 2.36 bits per heavy atom. The number of aromatic nitrogens is 3. The van der Waals surface area contributed by atoms with Gasteiger partial charge in [-0.3, -0.25) is 9.78 Å². The summed E-state index contributed by atoms with van der Waals surface area (Å²) in [4.78, 5) is 27.5. The molecule has 0 radical (unpaired) electrons. The molecule has 130 valence electrons. The summed E-state index contributed by atoms with van der Waals surface area (Å²) in [6, 6.07) is 3.82. The number of likely N-dealkylation sites (tertiary alicyclic amines) is 1. The second-order valence-corrected chi connectivity index (χ2v) is 6.58. The number of fused-ring (bicyclic) bond motifs is 2. The lowest BCUT2D eigenvalue weighted by Gasteiger charge is -2.34.